The smallest absolute Gasteiger partial charge is 0.257 e. The number of carbonyl (C=O) groups is 2. The molecule has 29 heavy (non-hydrogen) atoms. The highest BCUT2D eigenvalue weighted by Gasteiger charge is 2.13. The van der Waals surface area contributed by atoms with Crippen LogP contribution in [0.4, 0.5) is 19.6 Å². The van der Waals surface area contributed by atoms with E-state index < -0.39 is 17.5 Å². The number of ether oxygens (including phenoxy) is 1. The van der Waals surface area contributed by atoms with Crippen LogP contribution in [0.2, 0.25) is 0 Å². The minimum atomic E-state index is -0.859. The molecule has 0 aliphatic heterocycles. The summed E-state index contributed by atoms with van der Waals surface area (Å²) < 4.78 is 32.0. The lowest BCUT2D eigenvalue weighted by Crippen LogP contribution is -2.15. The summed E-state index contributed by atoms with van der Waals surface area (Å²) in [6.45, 7) is 0. The van der Waals surface area contributed by atoms with E-state index in [4.69, 9.17) is 4.74 Å². The van der Waals surface area contributed by atoms with E-state index in [9.17, 15) is 18.4 Å². The summed E-state index contributed by atoms with van der Waals surface area (Å²) in [5, 5.41) is 13.0. The van der Waals surface area contributed by atoms with Gasteiger partial charge in [-0.2, -0.15) is 0 Å². The first kappa shape index (κ1) is 20.7. The fourth-order valence-corrected chi connectivity index (χ4v) is 3.70. The Labute approximate surface area is 172 Å². The summed E-state index contributed by atoms with van der Waals surface area (Å²) in [6, 6.07) is 9.51. The predicted octanol–water partition coefficient (Wildman–Crippen LogP) is 3.81. The Morgan fingerprint density at radius 3 is 2.72 bits per heavy atom. The summed E-state index contributed by atoms with van der Waals surface area (Å²) in [6.07, 6.45) is 0. The summed E-state index contributed by atoms with van der Waals surface area (Å²) in [5.41, 5.74) is 0.287. The van der Waals surface area contributed by atoms with Gasteiger partial charge in [0, 0.05) is 11.6 Å². The van der Waals surface area contributed by atoms with Crippen LogP contribution in [0.25, 0.3) is 0 Å². The van der Waals surface area contributed by atoms with Crippen LogP contribution in [0.15, 0.2) is 46.8 Å². The van der Waals surface area contributed by atoms with Crippen molar-refractivity contribution in [3.8, 4) is 5.75 Å². The van der Waals surface area contributed by atoms with Gasteiger partial charge in [-0.05, 0) is 30.3 Å². The molecular formula is C18H14F2N4O3S2. The van der Waals surface area contributed by atoms with Crippen LogP contribution in [0.3, 0.4) is 0 Å². The quantitative estimate of drug-likeness (QED) is 0.432. The first-order valence-electron chi connectivity index (χ1n) is 8.11. The zero-order chi connectivity index (χ0) is 20.8. The third-order valence-corrected chi connectivity index (χ3v) is 5.46. The van der Waals surface area contributed by atoms with Crippen LogP contribution in [0.5, 0.6) is 5.75 Å². The second-order valence-electron chi connectivity index (χ2n) is 5.52. The van der Waals surface area contributed by atoms with Crippen LogP contribution in [0.1, 0.15) is 10.4 Å². The van der Waals surface area contributed by atoms with Gasteiger partial charge in [0.05, 0.1) is 18.6 Å². The molecule has 0 bridgehead atoms. The van der Waals surface area contributed by atoms with Gasteiger partial charge in [0.15, 0.2) is 4.34 Å². The van der Waals surface area contributed by atoms with Gasteiger partial charge in [-0.1, -0.05) is 29.2 Å². The van der Waals surface area contributed by atoms with Crippen molar-refractivity contribution in [2.75, 3.05) is 23.5 Å². The number of carbonyl (C=O) groups excluding carboxylic acids is 2. The molecule has 0 atom stereocenters. The Morgan fingerprint density at radius 2 is 1.97 bits per heavy atom. The maximum absolute atomic E-state index is 13.6. The number of benzene rings is 2. The van der Waals surface area contributed by atoms with Gasteiger partial charge in [-0.3, -0.25) is 14.9 Å². The Bertz CT molecular complexity index is 1050. The Kier molecular flexibility index (Phi) is 6.73. The molecule has 1 heterocycles. The molecule has 0 saturated heterocycles. The first-order chi connectivity index (χ1) is 13.9. The molecular weight excluding hydrogens is 422 g/mol. The molecule has 2 N–H and O–H groups in total. The van der Waals surface area contributed by atoms with E-state index in [2.05, 4.69) is 20.8 Å². The molecule has 2 aromatic carbocycles. The van der Waals surface area contributed by atoms with E-state index >= 15 is 0 Å². The van der Waals surface area contributed by atoms with Gasteiger partial charge in [0.25, 0.3) is 5.91 Å². The fourth-order valence-electron chi connectivity index (χ4n) is 2.16. The van der Waals surface area contributed by atoms with Gasteiger partial charge in [0.2, 0.25) is 11.0 Å². The fraction of sp³-hybridized carbons (Fsp3) is 0.111. The number of anilines is 2. The minimum absolute atomic E-state index is 0.0602. The van der Waals surface area contributed by atoms with Crippen molar-refractivity contribution in [1.82, 2.24) is 10.2 Å². The van der Waals surface area contributed by atoms with Crippen molar-refractivity contribution in [1.29, 1.82) is 0 Å². The van der Waals surface area contributed by atoms with Crippen molar-refractivity contribution in [3.63, 3.8) is 0 Å². The average molecular weight is 436 g/mol. The highest BCUT2D eigenvalue weighted by Crippen LogP contribution is 2.26. The number of hydrogen-bond donors (Lipinski definition) is 2. The molecule has 11 heteroatoms. The Morgan fingerprint density at radius 1 is 1.14 bits per heavy atom. The summed E-state index contributed by atoms with van der Waals surface area (Å²) >= 11 is 2.16. The molecule has 0 unspecified atom stereocenters. The Hall–Kier alpha value is -3.05. The standard InChI is InChI=1S/C18H14F2N4O3S2/c1-27-12-4-2-3-10(7-12)16(26)22-17-23-24-18(29-17)28-9-15(25)21-14-6-5-11(19)8-13(14)20/h2-8H,9H2,1H3,(H,21,25)(H,22,23,26). The van der Waals surface area contributed by atoms with E-state index in [0.29, 0.717) is 21.7 Å². The van der Waals surface area contributed by atoms with Crippen LogP contribution < -0.4 is 15.4 Å². The predicted molar refractivity (Wildman–Crippen MR) is 107 cm³/mol. The van der Waals surface area contributed by atoms with Gasteiger partial charge in [-0.15, -0.1) is 10.2 Å². The van der Waals surface area contributed by atoms with E-state index in [0.717, 1.165) is 35.2 Å². The number of methoxy groups -OCH3 is 1. The summed E-state index contributed by atoms with van der Waals surface area (Å²) in [7, 11) is 1.51. The van der Waals surface area contributed by atoms with E-state index in [1.165, 1.54) is 7.11 Å². The molecule has 0 fully saturated rings. The van der Waals surface area contributed by atoms with Gasteiger partial charge in [-0.25, -0.2) is 8.78 Å². The SMILES string of the molecule is COc1cccc(C(=O)Nc2nnc(SCC(=O)Nc3ccc(F)cc3F)s2)c1. The number of hydrogen-bond acceptors (Lipinski definition) is 7. The second kappa shape index (κ2) is 9.43. The lowest BCUT2D eigenvalue weighted by Gasteiger charge is -2.05. The Balaban J connectivity index is 1.53. The lowest BCUT2D eigenvalue weighted by molar-refractivity contribution is -0.113. The molecule has 7 nitrogen and oxygen atoms in total. The van der Waals surface area contributed by atoms with Crippen LogP contribution in [-0.4, -0.2) is 34.9 Å². The highest BCUT2D eigenvalue weighted by atomic mass is 32.2. The molecule has 3 aromatic rings. The number of aromatic nitrogens is 2. The van der Waals surface area contributed by atoms with Crippen molar-refractivity contribution >= 4 is 45.7 Å². The first-order valence-corrected chi connectivity index (χ1v) is 9.91. The van der Waals surface area contributed by atoms with Crippen molar-refractivity contribution in [2.45, 2.75) is 4.34 Å². The number of nitrogens with one attached hydrogen (secondary N) is 2. The molecule has 0 saturated carbocycles. The van der Waals surface area contributed by atoms with Gasteiger partial charge < -0.3 is 10.1 Å². The monoisotopic (exact) mass is 436 g/mol. The number of halogens is 2. The molecule has 0 aliphatic carbocycles. The van der Waals surface area contributed by atoms with Gasteiger partial charge >= 0.3 is 0 Å². The number of thioether (sulfide) groups is 1. The molecule has 0 radical (unpaired) electrons. The minimum Gasteiger partial charge on any atom is -0.497 e. The number of amides is 2. The average Bonchev–Trinajstić information content (AvgIpc) is 3.16. The topological polar surface area (TPSA) is 93.2 Å². The zero-order valence-corrected chi connectivity index (χ0v) is 16.6. The number of rotatable bonds is 7. The maximum atomic E-state index is 13.6. The van der Waals surface area contributed by atoms with Crippen LogP contribution >= 0.6 is 23.1 Å². The summed E-state index contributed by atoms with van der Waals surface area (Å²) in [4.78, 5) is 24.2. The summed E-state index contributed by atoms with van der Waals surface area (Å²) in [5.74, 6) is -1.96. The maximum Gasteiger partial charge on any atom is 0.257 e. The highest BCUT2D eigenvalue weighted by molar-refractivity contribution is 8.01. The molecule has 1 aromatic heterocycles. The largest absolute Gasteiger partial charge is 0.497 e. The molecule has 3 rings (SSSR count). The molecule has 0 spiro atoms. The lowest BCUT2D eigenvalue weighted by atomic mass is 10.2. The second-order valence-corrected chi connectivity index (χ2v) is 7.72. The van der Waals surface area contributed by atoms with Gasteiger partial charge in [0.1, 0.15) is 17.4 Å². The zero-order valence-electron chi connectivity index (χ0n) is 14.9. The van der Waals surface area contributed by atoms with E-state index in [-0.39, 0.29) is 22.5 Å². The van der Waals surface area contributed by atoms with E-state index in [1.807, 2.05) is 0 Å². The normalized spacial score (nSPS) is 10.4. The van der Waals surface area contributed by atoms with Crippen molar-refractivity contribution in [2.24, 2.45) is 0 Å². The van der Waals surface area contributed by atoms with Crippen LogP contribution in [-0.2, 0) is 4.79 Å². The molecule has 2 amide bonds. The van der Waals surface area contributed by atoms with Crippen molar-refractivity contribution < 1.29 is 23.1 Å². The number of nitrogens with zero attached hydrogens (tertiary/aromatic N) is 2. The van der Waals surface area contributed by atoms with Crippen LogP contribution in [0, 0.1) is 11.6 Å². The third kappa shape index (κ3) is 5.72. The molecule has 0 aliphatic rings. The molecule has 150 valence electrons. The van der Waals surface area contributed by atoms with Crippen molar-refractivity contribution in [3.05, 3.63) is 59.7 Å². The third-order valence-electron chi connectivity index (χ3n) is 3.49. The van der Waals surface area contributed by atoms with E-state index in [1.54, 1.807) is 24.3 Å².